The number of hydrogen-bond acceptors (Lipinski definition) is 3. The molecule has 100 valence electrons. The molecule has 18 heavy (non-hydrogen) atoms. The summed E-state index contributed by atoms with van der Waals surface area (Å²) in [6, 6.07) is 7.15. The lowest BCUT2D eigenvalue weighted by molar-refractivity contribution is -0.140. The molecule has 0 aromatic heterocycles. The lowest BCUT2D eigenvalue weighted by Gasteiger charge is -2.12. The third kappa shape index (κ3) is 4.19. The molecule has 0 spiro atoms. The minimum absolute atomic E-state index is 0.173. The Morgan fingerprint density at radius 3 is 2.72 bits per heavy atom. The Morgan fingerprint density at radius 1 is 1.44 bits per heavy atom. The van der Waals surface area contributed by atoms with Crippen molar-refractivity contribution < 1.29 is 19.2 Å². The molecule has 0 aliphatic carbocycles. The van der Waals surface area contributed by atoms with Gasteiger partial charge in [-0.15, -0.1) is 0 Å². The Balaban J connectivity index is 2.81. The van der Waals surface area contributed by atoms with E-state index in [9.17, 15) is 9.36 Å². The highest BCUT2D eigenvalue weighted by Gasteiger charge is 2.18. The molecule has 2 unspecified atom stereocenters. The van der Waals surface area contributed by atoms with Gasteiger partial charge in [-0.25, -0.2) is 0 Å². The smallest absolute Gasteiger partial charge is 0.306 e. The number of carboxylic acid groups (broad SMARTS) is 1. The van der Waals surface area contributed by atoms with Crippen molar-refractivity contribution in [1.82, 2.24) is 0 Å². The molecule has 0 heterocycles. The zero-order valence-electron chi connectivity index (χ0n) is 10.7. The maximum atomic E-state index is 12.2. The molecule has 4 nitrogen and oxygen atoms in total. The van der Waals surface area contributed by atoms with E-state index in [1.54, 1.807) is 25.1 Å². The summed E-state index contributed by atoms with van der Waals surface area (Å²) in [5.41, 5.74) is 0. The van der Waals surface area contributed by atoms with Gasteiger partial charge in [-0.1, -0.05) is 26.0 Å². The molecule has 0 bridgehead atoms. The van der Waals surface area contributed by atoms with Gasteiger partial charge < -0.3 is 14.4 Å². The Bertz CT molecular complexity index is 431. The van der Waals surface area contributed by atoms with Gasteiger partial charge >= 0.3 is 5.97 Å². The third-order valence-corrected chi connectivity index (χ3v) is 4.56. The van der Waals surface area contributed by atoms with E-state index in [2.05, 4.69) is 0 Å². The minimum atomic E-state index is -2.13. The lowest BCUT2D eigenvalue weighted by Crippen LogP contribution is -2.15. The van der Waals surface area contributed by atoms with Crippen LogP contribution in [0.4, 0.5) is 0 Å². The third-order valence-electron chi connectivity index (χ3n) is 2.56. The first kappa shape index (κ1) is 14.8. The number of aliphatic carboxylic acids is 1. The molecule has 5 heteroatoms. The fourth-order valence-corrected chi connectivity index (χ4v) is 3.17. The fourth-order valence-electron chi connectivity index (χ4n) is 1.51. The van der Waals surface area contributed by atoms with Crippen LogP contribution in [0.5, 0.6) is 5.75 Å². The molecule has 0 fully saturated rings. The van der Waals surface area contributed by atoms with Crippen LogP contribution in [-0.2, 0) is 9.36 Å². The van der Waals surface area contributed by atoms with Gasteiger partial charge in [-0.3, -0.25) is 4.79 Å². The van der Waals surface area contributed by atoms with Crippen LogP contribution < -0.4 is 10.0 Å². The summed E-state index contributed by atoms with van der Waals surface area (Å²) < 4.78 is 17.7. The molecule has 2 atom stereocenters. The Hall–Kier alpha value is -1.28. The van der Waals surface area contributed by atoms with Crippen LogP contribution in [-0.4, -0.2) is 23.8 Å². The van der Waals surface area contributed by atoms with Gasteiger partial charge in [0, 0.05) is 6.16 Å². The molecule has 0 radical (unpaired) electrons. The van der Waals surface area contributed by atoms with Crippen molar-refractivity contribution in [2.24, 2.45) is 5.92 Å². The van der Waals surface area contributed by atoms with Crippen molar-refractivity contribution in [1.29, 1.82) is 0 Å². The first-order valence-corrected chi connectivity index (χ1v) is 7.65. The van der Waals surface area contributed by atoms with Crippen molar-refractivity contribution in [3.63, 3.8) is 0 Å². The van der Waals surface area contributed by atoms with Gasteiger partial charge in [0.1, 0.15) is 13.6 Å². The van der Waals surface area contributed by atoms with Crippen molar-refractivity contribution in [3.05, 3.63) is 24.3 Å². The normalized spacial score (nSPS) is 13.9. The van der Waals surface area contributed by atoms with E-state index in [4.69, 9.17) is 9.84 Å². The Kier molecular flexibility index (Phi) is 5.93. The van der Waals surface area contributed by atoms with Crippen LogP contribution in [0.1, 0.15) is 20.3 Å². The average Bonchev–Trinajstić information content (AvgIpc) is 2.36. The van der Waals surface area contributed by atoms with Crippen molar-refractivity contribution in [3.8, 4) is 5.75 Å². The second kappa shape index (κ2) is 7.22. The Morgan fingerprint density at radius 2 is 2.11 bits per heavy atom. The number of benzene rings is 1. The molecule has 1 aromatic carbocycles. The largest absolute Gasteiger partial charge is 0.493 e. The van der Waals surface area contributed by atoms with Crippen molar-refractivity contribution >= 4 is 19.1 Å². The molecule has 1 aromatic rings. The lowest BCUT2D eigenvalue weighted by atomic mass is 10.2. The summed E-state index contributed by atoms with van der Waals surface area (Å²) in [6.45, 7) is 4.14. The summed E-state index contributed by atoms with van der Waals surface area (Å²) >= 11 is 0. The van der Waals surface area contributed by atoms with E-state index >= 15 is 0 Å². The zero-order chi connectivity index (χ0) is 13.5. The predicted octanol–water partition coefficient (Wildman–Crippen LogP) is 2.38. The fraction of sp³-hybridized carbons (Fsp3) is 0.462. The quantitative estimate of drug-likeness (QED) is 0.773. The molecular formula is C13H19O4P. The van der Waals surface area contributed by atoms with Gasteiger partial charge in [-0.2, -0.15) is 0 Å². The number of ether oxygens (including phenoxy) is 1. The summed E-state index contributed by atoms with van der Waals surface area (Å²) in [5.74, 6) is -0.906. The van der Waals surface area contributed by atoms with Crippen molar-refractivity contribution in [2.45, 2.75) is 20.3 Å². The van der Waals surface area contributed by atoms with Crippen LogP contribution in [0, 0.1) is 5.92 Å². The predicted molar refractivity (Wildman–Crippen MR) is 72.5 cm³/mol. The summed E-state index contributed by atoms with van der Waals surface area (Å²) in [7, 11) is -2.13. The highest BCUT2D eigenvalue weighted by molar-refractivity contribution is 7.53. The van der Waals surface area contributed by atoms with E-state index in [1.807, 2.05) is 13.0 Å². The first-order valence-electron chi connectivity index (χ1n) is 6.04. The van der Waals surface area contributed by atoms with E-state index in [1.165, 1.54) is 0 Å². The van der Waals surface area contributed by atoms with Crippen LogP contribution in [0.2, 0.25) is 0 Å². The van der Waals surface area contributed by atoms with Crippen LogP contribution >= 0.6 is 7.80 Å². The van der Waals surface area contributed by atoms with Gasteiger partial charge in [0.2, 0.25) is 0 Å². The van der Waals surface area contributed by atoms with Gasteiger partial charge in [-0.05, 0) is 18.6 Å². The maximum absolute atomic E-state index is 12.2. The number of hydrogen-bond donors (Lipinski definition) is 1. The van der Waals surface area contributed by atoms with Gasteiger partial charge in [0.05, 0.1) is 17.8 Å². The molecule has 1 N–H and O–H groups in total. The van der Waals surface area contributed by atoms with Gasteiger partial charge in [0.25, 0.3) is 0 Å². The molecule has 0 saturated carbocycles. The summed E-state index contributed by atoms with van der Waals surface area (Å²) in [4.78, 5) is 10.8. The number of carbonyl (C=O) groups is 1. The highest BCUT2D eigenvalue weighted by atomic mass is 31.1. The van der Waals surface area contributed by atoms with Crippen molar-refractivity contribution in [2.75, 3.05) is 12.8 Å². The SMILES string of the molecule is CCCOc1ccccc1[PH](=O)CC(C)C(=O)O. The standard InChI is InChI=1S/C13H19O4P/c1-3-8-17-11-6-4-5-7-12(11)18(16)9-10(2)13(14)15/h4-7,10,18H,3,8-9H2,1-2H3,(H,14,15). The molecule has 0 aliphatic rings. The second-order valence-corrected chi connectivity index (χ2v) is 6.00. The maximum Gasteiger partial charge on any atom is 0.306 e. The van der Waals surface area contributed by atoms with E-state index in [0.29, 0.717) is 17.7 Å². The number of rotatable bonds is 7. The van der Waals surface area contributed by atoms with Crippen LogP contribution in [0.15, 0.2) is 24.3 Å². The first-order chi connectivity index (χ1) is 8.56. The number of carboxylic acids is 1. The monoisotopic (exact) mass is 270 g/mol. The Labute approximate surface area is 108 Å². The van der Waals surface area contributed by atoms with E-state index in [0.717, 1.165) is 6.42 Å². The second-order valence-electron chi connectivity index (χ2n) is 4.21. The molecule has 0 aliphatic heterocycles. The molecule has 1 rings (SSSR count). The molecular weight excluding hydrogens is 251 g/mol. The van der Waals surface area contributed by atoms with Crippen LogP contribution in [0.25, 0.3) is 0 Å². The van der Waals surface area contributed by atoms with Gasteiger partial charge in [0.15, 0.2) is 0 Å². The zero-order valence-corrected chi connectivity index (χ0v) is 11.7. The summed E-state index contributed by atoms with van der Waals surface area (Å²) in [6.07, 6.45) is 1.05. The highest BCUT2D eigenvalue weighted by Crippen LogP contribution is 2.28. The number of para-hydroxylation sites is 1. The molecule has 0 saturated heterocycles. The van der Waals surface area contributed by atoms with E-state index < -0.39 is 19.7 Å². The topological polar surface area (TPSA) is 63.6 Å². The van der Waals surface area contributed by atoms with E-state index in [-0.39, 0.29) is 6.16 Å². The van der Waals surface area contributed by atoms with Crippen LogP contribution in [0.3, 0.4) is 0 Å². The molecule has 0 amide bonds. The minimum Gasteiger partial charge on any atom is -0.493 e. The average molecular weight is 270 g/mol. The summed E-state index contributed by atoms with van der Waals surface area (Å²) in [5, 5.41) is 9.48.